The summed E-state index contributed by atoms with van der Waals surface area (Å²) in [6.07, 6.45) is 5.21. The zero-order chi connectivity index (χ0) is 13.5. The van der Waals surface area contributed by atoms with Crippen LogP contribution in [0.2, 0.25) is 0 Å². The summed E-state index contributed by atoms with van der Waals surface area (Å²) in [7, 11) is 0. The van der Waals surface area contributed by atoms with Gasteiger partial charge in [-0.3, -0.25) is 5.10 Å². The summed E-state index contributed by atoms with van der Waals surface area (Å²) < 4.78 is 0. The molecule has 0 radical (unpaired) electrons. The van der Waals surface area contributed by atoms with Gasteiger partial charge in [-0.05, 0) is 36.3 Å². The number of thiophene rings is 1. The molecule has 1 unspecified atom stereocenters. The van der Waals surface area contributed by atoms with Crippen LogP contribution in [0.15, 0.2) is 17.6 Å². The summed E-state index contributed by atoms with van der Waals surface area (Å²) in [6, 6.07) is 2.49. The van der Waals surface area contributed by atoms with Crippen LogP contribution in [0.1, 0.15) is 29.3 Å². The van der Waals surface area contributed by atoms with Gasteiger partial charge in [-0.25, -0.2) is 0 Å². The van der Waals surface area contributed by atoms with Gasteiger partial charge in [-0.2, -0.15) is 15.1 Å². The Hall–Kier alpha value is -2.15. The van der Waals surface area contributed by atoms with Crippen molar-refractivity contribution >= 4 is 34.1 Å². The third-order valence-corrected chi connectivity index (χ3v) is 4.69. The lowest BCUT2D eigenvalue weighted by Crippen LogP contribution is -2.17. The highest BCUT2D eigenvalue weighted by Gasteiger charge is 2.22. The fourth-order valence-corrected chi connectivity index (χ4v) is 3.75. The monoisotopic (exact) mass is 286 g/mol. The van der Waals surface area contributed by atoms with E-state index in [1.54, 1.807) is 6.20 Å². The minimum absolute atomic E-state index is 0.255. The molecule has 0 saturated carbocycles. The Morgan fingerprint density at radius 3 is 3.30 bits per heavy atom. The fraction of sp³-hybridized carbons (Fsp3) is 0.308. The lowest BCUT2D eigenvalue weighted by atomic mass is 9.94. The Bertz CT molecular complexity index is 761. The topological polar surface area (TPSA) is 92.5 Å². The lowest BCUT2D eigenvalue weighted by Gasteiger charge is -2.24. The first-order chi connectivity index (χ1) is 9.81. The van der Waals surface area contributed by atoms with E-state index in [0.29, 0.717) is 5.65 Å². The fourth-order valence-electron chi connectivity index (χ4n) is 2.76. The van der Waals surface area contributed by atoms with Crippen molar-refractivity contribution in [3.63, 3.8) is 0 Å². The number of hydrogen-bond donors (Lipinski definition) is 3. The van der Waals surface area contributed by atoms with E-state index < -0.39 is 0 Å². The Labute approximate surface area is 119 Å². The number of nitrogens with two attached hydrogens (primary N) is 1. The predicted octanol–water partition coefficient (Wildman–Crippen LogP) is 2.49. The van der Waals surface area contributed by atoms with Gasteiger partial charge in [0.05, 0.1) is 17.6 Å². The minimum Gasteiger partial charge on any atom is -0.368 e. The second-order valence-electron chi connectivity index (χ2n) is 4.95. The Balaban J connectivity index is 1.74. The maximum atomic E-state index is 5.76. The van der Waals surface area contributed by atoms with Crippen molar-refractivity contribution < 1.29 is 0 Å². The van der Waals surface area contributed by atoms with Crippen LogP contribution in [0.5, 0.6) is 0 Å². The standard InChI is InChI=1S/C13H14N6S/c14-13-17-11(8-6-15-19-12(8)18-13)16-9-2-1-3-10-7(9)4-5-20-10/h4-6,9H,1-3H2,(H4,14,15,16,17,18,19). The number of rotatable bonds is 2. The van der Waals surface area contributed by atoms with E-state index in [2.05, 4.69) is 36.9 Å². The van der Waals surface area contributed by atoms with Crippen molar-refractivity contribution in [2.45, 2.75) is 25.3 Å². The van der Waals surface area contributed by atoms with Crippen LogP contribution in [0, 0.1) is 0 Å². The van der Waals surface area contributed by atoms with Gasteiger partial charge >= 0.3 is 0 Å². The van der Waals surface area contributed by atoms with Gasteiger partial charge in [0.1, 0.15) is 5.82 Å². The molecule has 7 heteroatoms. The van der Waals surface area contributed by atoms with Gasteiger partial charge in [0, 0.05) is 4.88 Å². The van der Waals surface area contributed by atoms with Crippen LogP contribution >= 0.6 is 11.3 Å². The highest BCUT2D eigenvalue weighted by molar-refractivity contribution is 7.10. The van der Waals surface area contributed by atoms with Crippen LogP contribution in [0.4, 0.5) is 11.8 Å². The molecule has 0 aliphatic heterocycles. The van der Waals surface area contributed by atoms with Crippen LogP contribution in [0.25, 0.3) is 11.0 Å². The Morgan fingerprint density at radius 2 is 2.35 bits per heavy atom. The van der Waals surface area contributed by atoms with Crippen molar-refractivity contribution in [1.29, 1.82) is 0 Å². The lowest BCUT2D eigenvalue weighted by molar-refractivity contribution is 0.607. The van der Waals surface area contributed by atoms with Crippen molar-refractivity contribution in [2.75, 3.05) is 11.1 Å². The van der Waals surface area contributed by atoms with Gasteiger partial charge in [0.25, 0.3) is 0 Å². The zero-order valence-corrected chi connectivity index (χ0v) is 11.6. The van der Waals surface area contributed by atoms with Crippen LogP contribution in [-0.2, 0) is 6.42 Å². The molecule has 4 N–H and O–H groups in total. The molecule has 1 atom stereocenters. The second-order valence-corrected chi connectivity index (χ2v) is 5.95. The largest absolute Gasteiger partial charge is 0.368 e. The molecule has 3 aromatic heterocycles. The summed E-state index contributed by atoms with van der Waals surface area (Å²) in [6.45, 7) is 0. The van der Waals surface area contributed by atoms with Gasteiger partial charge < -0.3 is 11.1 Å². The number of hydrogen-bond acceptors (Lipinski definition) is 6. The van der Waals surface area contributed by atoms with E-state index in [1.807, 2.05) is 11.3 Å². The third kappa shape index (κ3) is 1.82. The number of aromatic amines is 1. The molecule has 0 spiro atoms. The van der Waals surface area contributed by atoms with E-state index in [9.17, 15) is 0 Å². The van der Waals surface area contributed by atoms with E-state index >= 15 is 0 Å². The van der Waals surface area contributed by atoms with E-state index in [-0.39, 0.29) is 12.0 Å². The van der Waals surface area contributed by atoms with Crippen LogP contribution in [-0.4, -0.2) is 20.2 Å². The summed E-state index contributed by atoms with van der Waals surface area (Å²) in [5, 5.41) is 13.4. The summed E-state index contributed by atoms with van der Waals surface area (Å²) in [4.78, 5) is 9.93. The van der Waals surface area contributed by atoms with Crippen LogP contribution in [0.3, 0.4) is 0 Å². The summed E-state index contributed by atoms with van der Waals surface area (Å²) in [5.41, 5.74) is 7.81. The minimum atomic E-state index is 0.255. The molecule has 0 bridgehead atoms. The molecule has 0 aromatic carbocycles. The Morgan fingerprint density at radius 1 is 1.40 bits per heavy atom. The van der Waals surface area contributed by atoms with E-state index in [4.69, 9.17) is 5.73 Å². The molecule has 1 aliphatic carbocycles. The quantitative estimate of drug-likeness (QED) is 0.673. The van der Waals surface area contributed by atoms with Gasteiger partial charge in [0.2, 0.25) is 5.95 Å². The van der Waals surface area contributed by atoms with E-state index in [0.717, 1.165) is 17.6 Å². The van der Waals surface area contributed by atoms with Crippen LogP contribution < -0.4 is 11.1 Å². The molecule has 0 fully saturated rings. The highest BCUT2D eigenvalue weighted by Crippen LogP contribution is 2.36. The van der Waals surface area contributed by atoms with E-state index in [1.165, 1.54) is 23.3 Å². The smallest absolute Gasteiger partial charge is 0.224 e. The number of nitrogen functional groups attached to an aromatic ring is 1. The maximum Gasteiger partial charge on any atom is 0.224 e. The molecule has 3 heterocycles. The number of nitrogens with one attached hydrogen (secondary N) is 2. The van der Waals surface area contributed by atoms with Gasteiger partial charge in [-0.15, -0.1) is 11.3 Å². The number of fused-ring (bicyclic) bond motifs is 2. The number of aromatic nitrogens is 4. The molecular formula is C13H14N6S. The van der Waals surface area contributed by atoms with Gasteiger partial charge in [0.15, 0.2) is 5.65 Å². The first-order valence-electron chi connectivity index (χ1n) is 6.60. The van der Waals surface area contributed by atoms with Crippen molar-refractivity contribution in [2.24, 2.45) is 0 Å². The SMILES string of the molecule is Nc1nc(NC2CCCc3sccc32)c2cn[nH]c2n1. The molecule has 0 amide bonds. The van der Waals surface area contributed by atoms with Crippen molar-refractivity contribution in [1.82, 2.24) is 20.2 Å². The summed E-state index contributed by atoms with van der Waals surface area (Å²) in [5.74, 6) is 1.01. The average Bonchev–Trinajstić information content (AvgIpc) is 3.06. The first kappa shape index (κ1) is 11.7. The predicted molar refractivity (Wildman–Crippen MR) is 79.7 cm³/mol. The molecule has 1 aliphatic rings. The molecule has 6 nitrogen and oxygen atoms in total. The molecule has 4 rings (SSSR count). The third-order valence-electron chi connectivity index (χ3n) is 3.69. The number of aryl methyl sites for hydroxylation is 1. The highest BCUT2D eigenvalue weighted by atomic mass is 32.1. The maximum absolute atomic E-state index is 5.76. The number of H-pyrrole nitrogens is 1. The van der Waals surface area contributed by atoms with Gasteiger partial charge in [-0.1, -0.05) is 0 Å². The summed E-state index contributed by atoms with van der Waals surface area (Å²) >= 11 is 1.83. The van der Waals surface area contributed by atoms with Crippen molar-refractivity contribution in [3.05, 3.63) is 28.1 Å². The second kappa shape index (κ2) is 4.45. The van der Waals surface area contributed by atoms with Crippen molar-refractivity contribution in [3.8, 4) is 0 Å². The number of nitrogens with zero attached hydrogens (tertiary/aromatic N) is 3. The normalized spacial score (nSPS) is 18.1. The first-order valence-corrected chi connectivity index (χ1v) is 7.48. The molecule has 20 heavy (non-hydrogen) atoms. The molecule has 102 valence electrons. The Kier molecular flexibility index (Phi) is 2.59. The molecular weight excluding hydrogens is 272 g/mol. The zero-order valence-electron chi connectivity index (χ0n) is 10.8. The number of anilines is 2. The molecule has 3 aromatic rings. The average molecular weight is 286 g/mol. The molecule has 0 saturated heterocycles.